The van der Waals surface area contributed by atoms with Crippen LogP contribution in [0.2, 0.25) is 5.02 Å². The van der Waals surface area contributed by atoms with Gasteiger partial charge in [-0.15, -0.1) is 11.3 Å². The smallest absolute Gasteiger partial charge is 0.267 e. The Morgan fingerprint density at radius 3 is 2.62 bits per heavy atom. The molecule has 1 amide bonds. The average Bonchev–Trinajstić information content (AvgIpc) is 2.91. The molecule has 3 rings (SSSR count). The molecule has 0 atom stereocenters. The number of nitrogens with one attached hydrogen (secondary N) is 1. The molecule has 0 aliphatic heterocycles. The first-order valence-corrected chi connectivity index (χ1v) is 8.45. The number of fused-ring (bicyclic) bond motifs is 1. The van der Waals surface area contributed by atoms with Gasteiger partial charge in [-0.25, -0.2) is 0 Å². The number of hydrogen-bond acceptors (Lipinski definition) is 4. The maximum absolute atomic E-state index is 12.6. The Bertz CT molecular complexity index is 920. The van der Waals surface area contributed by atoms with E-state index in [2.05, 4.69) is 5.32 Å². The monoisotopic (exact) mass is 361 g/mol. The fraction of sp³-hybridized carbons (Fsp3) is 0.167. The number of thiophene rings is 1. The second-order valence-corrected chi connectivity index (χ2v) is 6.70. The molecule has 0 saturated carbocycles. The van der Waals surface area contributed by atoms with E-state index in [4.69, 9.17) is 21.1 Å². The molecule has 124 valence electrons. The number of benzene rings is 2. The number of aryl methyl sites for hydroxylation is 1. The average molecular weight is 362 g/mol. The van der Waals surface area contributed by atoms with Crippen molar-refractivity contribution in [1.29, 1.82) is 0 Å². The van der Waals surface area contributed by atoms with E-state index in [1.54, 1.807) is 32.4 Å². The lowest BCUT2D eigenvalue weighted by Crippen LogP contribution is -2.11. The van der Waals surface area contributed by atoms with Gasteiger partial charge in [0.2, 0.25) is 0 Å². The van der Waals surface area contributed by atoms with E-state index in [-0.39, 0.29) is 5.91 Å². The van der Waals surface area contributed by atoms with Crippen LogP contribution >= 0.6 is 22.9 Å². The highest BCUT2D eigenvalue weighted by atomic mass is 35.5. The van der Waals surface area contributed by atoms with E-state index in [0.717, 1.165) is 15.6 Å². The van der Waals surface area contributed by atoms with E-state index >= 15 is 0 Å². The molecular formula is C18H16ClNO3S. The highest BCUT2D eigenvalue weighted by Gasteiger charge is 2.18. The van der Waals surface area contributed by atoms with Gasteiger partial charge < -0.3 is 14.8 Å². The summed E-state index contributed by atoms with van der Waals surface area (Å²) in [5, 5.41) is 4.21. The molecule has 0 aliphatic carbocycles. The number of hydrogen-bond donors (Lipinski definition) is 1. The number of rotatable bonds is 4. The Balaban J connectivity index is 1.94. The molecule has 0 saturated heterocycles. The molecule has 6 heteroatoms. The van der Waals surface area contributed by atoms with Gasteiger partial charge >= 0.3 is 0 Å². The summed E-state index contributed by atoms with van der Waals surface area (Å²) in [6.45, 7) is 2.01. The molecule has 1 aromatic heterocycles. The summed E-state index contributed by atoms with van der Waals surface area (Å²) in [5.74, 6) is 0.915. The molecule has 4 nitrogen and oxygen atoms in total. The number of methoxy groups -OCH3 is 2. The first kappa shape index (κ1) is 16.6. The first-order valence-electron chi connectivity index (χ1n) is 7.25. The Hall–Kier alpha value is -2.24. The number of carbonyl (C=O) groups is 1. The van der Waals surface area contributed by atoms with Crippen LogP contribution in [0.3, 0.4) is 0 Å². The third kappa shape index (κ3) is 3.05. The molecule has 24 heavy (non-hydrogen) atoms. The summed E-state index contributed by atoms with van der Waals surface area (Å²) in [6.07, 6.45) is 0. The van der Waals surface area contributed by atoms with Crippen molar-refractivity contribution in [3.63, 3.8) is 0 Å². The molecule has 0 fully saturated rings. The van der Waals surface area contributed by atoms with Crippen LogP contribution < -0.4 is 14.8 Å². The fourth-order valence-electron chi connectivity index (χ4n) is 2.40. The van der Waals surface area contributed by atoms with Crippen LogP contribution in [0.1, 0.15) is 15.2 Å². The van der Waals surface area contributed by atoms with Gasteiger partial charge in [0.15, 0.2) is 0 Å². The van der Waals surface area contributed by atoms with Gasteiger partial charge in [0.1, 0.15) is 16.4 Å². The summed E-state index contributed by atoms with van der Waals surface area (Å²) < 4.78 is 11.5. The Morgan fingerprint density at radius 2 is 1.92 bits per heavy atom. The van der Waals surface area contributed by atoms with Crippen LogP contribution in [0.15, 0.2) is 36.4 Å². The van der Waals surface area contributed by atoms with Crippen molar-refractivity contribution in [3.05, 3.63) is 51.9 Å². The van der Waals surface area contributed by atoms with Crippen LogP contribution in [0.4, 0.5) is 5.69 Å². The molecule has 1 heterocycles. The largest absolute Gasteiger partial charge is 0.497 e. The van der Waals surface area contributed by atoms with Gasteiger partial charge in [-0.1, -0.05) is 23.7 Å². The second-order valence-electron chi connectivity index (χ2n) is 5.27. The number of ether oxygens (including phenoxy) is 2. The molecule has 0 radical (unpaired) electrons. The molecule has 2 aromatic carbocycles. The van der Waals surface area contributed by atoms with Crippen molar-refractivity contribution >= 4 is 44.6 Å². The van der Waals surface area contributed by atoms with Crippen LogP contribution in [-0.4, -0.2) is 20.1 Å². The minimum atomic E-state index is -0.262. The summed E-state index contributed by atoms with van der Waals surface area (Å²) in [6, 6.07) is 11.2. The zero-order valence-corrected chi connectivity index (χ0v) is 15.0. The molecule has 3 aromatic rings. The van der Waals surface area contributed by atoms with Crippen molar-refractivity contribution in [1.82, 2.24) is 0 Å². The molecular weight excluding hydrogens is 346 g/mol. The van der Waals surface area contributed by atoms with Crippen molar-refractivity contribution < 1.29 is 14.3 Å². The third-order valence-electron chi connectivity index (χ3n) is 3.65. The van der Waals surface area contributed by atoms with Crippen molar-refractivity contribution in [2.24, 2.45) is 0 Å². The van der Waals surface area contributed by atoms with Crippen LogP contribution in [0, 0.1) is 6.92 Å². The number of amides is 1. The lowest BCUT2D eigenvalue weighted by Gasteiger charge is -2.11. The lowest BCUT2D eigenvalue weighted by atomic mass is 10.2. The summed E-state index contributed by atoms with van der Waals surface area (Å²) in [4.78, 5) is 13.1. The van der Waals surface area contributed by atoms with Crippen molar-refractivity contribution in [3.8, 4) is 11.5 Å². The normalized spacial score (nSPS) is 10.7. The van der Waals surface area contributed by atoms with E-state index in [1.807, 2.05) is 25.1 Å². The van der Waals surface area contributed by atoms with Crippen LogP contribution in [-0.2, 0) is 0 Å². The minimum Gasteiger partial charge on any atom is -0.497 e. The van der Waals surface area contributed by atoms with E-state index in [0.29, 0.717) is 27.1 Å². The zero-order chi connectivity index (χ0) is 17.3. The third-order valence-corrected chi connectivity index (χ3v) is 5.30. The topological polar surface area (TPSA) is 47.6 Å². The summed E-state index contributed by atoms with van der Waals surface area (Å²) in [5.41, 5.74) is 1.69. The van der Waals surface area contributed by atoms with Crippen molar-refractivity contribution in [2.45, 2.75) is 6.92 Å². The minimum absolute atomic E-state index is 0.262. The molecule has 1 N–H and O–H groups in total. The van der Waals surface area contributed by atoms with Gasteiger partial charge in [-0.3, -0.25) is 4.79 Å². The standard InChI is InChI=1S/C18H16ClNO3S/c1-10-4-6-12-15(8-10)24-17(16(12)19)18(21)20-13-7-5-11(22-2)9-14(13)23-3/h4-9H,1-3H3,(H,20,21). The highest BCUT2D eigenvalue weighted by molar-refractivity contribution is 7.21. The zero-order valence-electron chi connectivity index (χ0n) is 13.5. The highest BCUT2D eigenvalue weighted by Crippen LogP contribution is 2.37. The Labute approximate surface area is 149 Å². The number of carbonyl (C=O) groups excluding carboxylic acids is 1. The Kier molecular flexibility index (Phi) is 4.64. The summed E-state index contributed by atoms with van der Waals surface area (Å²) in [7, 11) is 3.12. The molecule has 0 spiro atoms. The van der Waals surface area contributed by atoms with Crippen LogP contribution in [0.25, 0.3) is 10.1 Å². The fourth-order valence-corrected chi connectivity index (χ4v) is 3.91. The van der Waals surface area contributed by atoms with Gasteiger partial charge in [-0.05, 0) is 30.7 Å². The SMILES string of the molecule is COc1ccc(NC(=O)c2sc3cc(C)ccc3c2Cl)c(OC)c1. The summed E-state index contributed by atoms with van der Waals surface area (Å²) >= 11 is 7.77. The predicted molar refractivity (Wildman–Crippen MR) is 99.1 cm³/mol. The predicted octanol–water partition coefficient (Wildman–Crippen LogP) is 5.13. The maximum atomic E-state index is 12.6. The van der Waals surface area contributed by atoms with Gasteiger partial charge in [0.25, 0.3) is 5.91 Å². The lowest BCUT2D eigenvalue weighted by molar-refractivity contribution is 0.103. The quantitative estimate of drug-likeness (QED) is 0.700. The van der Waals surface area contributed by atoms with E-state index in [1.165, 1.54) is 11.3 Å². The second kappa shape index (κ2) is 6.71. The van der Waals surface area contributed by atoms with E-state index < -0.39 is 0 Å². The first-order chi connectivity index (χ1) is 11.5. The number of anilines is 1. The molecule has 0 aliphatic rings. The molecule has 0 unspecified atom stereocenters. The van der Waals surface area contributed by atoms with Gasteiger partial charge in [-0.2, -0.15) is 0 Å². The maximum Gasteiger partial charge on any atom is 0.267 e. The van der Waals surface area contributed by atoms with Gasteiger partial charge in [0.05, 0.1) is 24.9 Å². The van der Waals surface area contributed by atoms with Crippen LogP contribution in [0.5, 0.6) is 11.5 Å². The van der Waals surface area contributed by atoms with E-state index in [9.17, 15) is 4.79 Å². The molecule has 0 bridgehead atoms. The van der Waals surface area contributed by atoms with Crippen molar-refractivity contribution in [2.75, 3.05) is 19.5 Å². The number of halogens is 1. The Morgan fingerprint density at radius 1 is 1.12 bits per heavy atom. The van der Waals surface area contributed by atoms with Gasteiger partial charge in [0, 0.05) is 16.2 Å².